The highest BCUT2D eigenvalue weighted by atomic mass is 32.2. The average Bonchev–Trinajstić information content (AvgIpc) is 2.05. The standard InChI is InChI=1S/C9H10FNS/c1-6-5-11-8-4-7(10)2-3-9(8)12-6/h2-4,6,11H,5H2,1H3. The lowest BCUT2D eigenvalue weighted by molar-refractivity contribution is 0.627. The van der Waals surface area contributed by atoms with Gasteiger partial charge in [0.25, 0.3) is 0 Å². The van der Waals surface area contributed by atoms with E-state index >= 15 is 0 Å². The second kappa shape index (κ2) is 2.98. The van der Waals surface area contributed by atoms with Crippen LogP contribution in [0.3, 0.4) is 0 Å². The Morgan fingerprint density at radius 1 is 1.58 bits per heavy atom. The molecule has 0 aromatic heterocycles. The maximum Gasteiger partial charge on any atom is 0.125 e. The molecule has 64 valence electrons. The minimum atomic E-state index is -0.170. The maximum atomic E-state index is 12.7. The topological polar surface area (TPSA) is 12.0 Å². The van der Waals surface area contributed by atoms with E-state index in [0.29, 0.717) is 5.25 Å². The van der Waals surface area contributed by atoms with Crippen LogP contribution in [0.1, 0.15) is 6.92 Å². The maximum absolute atomic E-state index is 12.7. The van der Waals surface area contributed by atoms with Crippen LogP contribution in [0.4, 0.5) is 10.1 Å². The predicted octanol–water partition coefficient (Wildman–Crippen LogP) is 2.73. The van der Waals surface area contributed by atoms with E-state index < -0.39 is 0 Å². The van der Waals surface area contributed by atoms with Gasteiger partial charge in [-0.15, -0.1) is 11.8 Å². The second-order valence-electron chi connectivity index (χ2n) is 2.95. The molecule has 0 saturated carbocycles. The first kappa shape index (κ1) is 7.92. The third-order valence-corrected chi connectivity index (χ3v) is 3.03. The van der Waals surface area contributed by atoms with Crippen LogP contribution >= 0.6 is 11.8 Å². The smallest absolute Gasteiger partial charge is 0.125 e. The Kier molecular flexibility index (Phi) is 1.97. The van der Waals surface area contributed by atoms with Crippen molar-refractivity contribution in [1.29, 1.82) is 0 Å². The summed E-state index contributed by atoms with van der Waals surface area (Å²) in [5.41, 5.74) is 0.929. The minimum absolute atomic E-state index is 0.170. The first-order valence-electron chi connectivity index (χ1n) is 3.96. The van der Waals surface area contributed by atoms with E-state index in [1.807, 2.05) is 6.07 Å². The van der Waals surface area contributed by atoms with Crippen LogP contribution in [-0.2, 0) is 0 Å². The van der Waals surface area contributed by atoms with Crippen molar-refractivity contribution in [3.05, 3.63) is 24.0 Å². The fourth-order valence-corrected chi connectivity index (χ4v) is 2.26. The fraction of sp³-hybridized carbons (Fsp3) is 0.333. The summed E-state index contributed by atoms with van der Waals surface area (Å²) in [5, 5.41) is 3.76. The Labute approximate surface area is 75.4 Å². The van der Waals surface area contributed by atoms with Crippen molar-refractivity contribution in [3.8, 4) is 0 Å². The SMILES string of the molecule is CC1CNc2cc(F)ccc2S1. The zero-order valence-corrected chi connectivity index (χ0v) is 7.62. The lowest BCUT2D eigenvalue weighted by Crippen LogP contribution is -2.18. The van der Waals surface area contributed by atoms with Gasteiger partial charge in [0.1, 0.15) is 5.82 Å². The number of anilines is 1. The zero-order chi connectivity index (χ0) is 8.55. The number of hydrogen-bond acceptors (Lipinski definition) is 2. The van der Waals surface area contributed by atoms with Gasteiger partial charge in [0.15, 0.2) is 0 Å². The van der Waals surface area contributed by atoms with E-state index in [2.05, 4.69) is 12.2 Å². The van der Waals surface area contributed by atoms with Gasteiger partial charge in [-0.05, 0) is 18.2 Å². The molecule has 1 unspecified atom stereocenters. The highest BCUT2D eigenvalue weighted by molar-refractivity contribution is 8.00. The molecule has 1 aromatic carbocycles. The molecule has 1 aliphatic rings. The summed E-state index contributed by atoms with van der Waals surface area (Å²) in [5.74, 6) is -0.170. The van der Waals surface area contributed by atoms with Crippen LogP contribution in [-0.4, -0.2) is 11.8 Å². The van der Waals surface area contributed by atoms with Gasteiger partial charge >= 0.3 is 0 Å². The number of hydrogen-bond donors (Lipinski definition) is 1. The molecule has 0 fully saturated rings. The van der Waals surface area contributed by atoms with Crippen LogP contribution in [0.5, 0.6) is 0 Å². The number of thioether (sulfide) groups is 1. The predicted molar refractivity (Wildman–Crippen MR) is 50.2 cm³/mol. The summed E-state index contributed by atoms with van der Waals surface area (Å²) in [6.45, 7) is 3.07. The van der Waals surface area contributed by atoms with Crippen LogP contribution in [0.25, 0.3) is 0 Å². The van der Waals surface area contributed by atoms with Gasteiger partial charge < -0.3 is 5.32 Å². The molecule has 2 rings (SSSR count). The lowest BCUT2D eigenvalue weighted by atomic mass is 10.3. The number of halogens is 1. The van der Waals surface area contributed by atoms with Crippen LogP contribution in [0.15, 0.2) is 23.1 Å². The van der Waals surface area contributed by atoms with Gasteiger partial charge in [-0.1, -0.05) is 6.92 Å². The molecule has 0 amide bonds. The molecule has 0 bridgehead atoms. The van der Waals surface area contributed by atoms with Crippen molar-refractivity contribution < 1.29 is 4.39 Å². The molecular weight excluding hydrogens is 173 g/mol. The number of fused-ring (bicyclic) bond motifs is 1. The fourth-order valence-electron chi connectivity index (χ4n) is 1.26. The summed E-state index contributed by atoms with van der Waals surface area (Å²) < 4.78 is 12.7. The highest BCUT2D eigenvalue weighted by Gasteiger charge is 2.14. The Morgan fingerprint density at radius 2 is 2.42 bits per heavy atom. The Morgan fingerprint density at radius 3 is 3.25 bits per heavy atom. The molecule has 1 aliphatic heterocycles. The molecule has 1 heterocycles. The first-order chi connectivity index (χ1) is 5.75. The van der Waals surface area contributed by atoms with Gasteiger partial charge in [-0.2, -0.15) is 0 Å². The normalized spacial score (nSPS) is 21.3. The molecule has 1 N–H and O–H groups in total. The summed E-state index contributed by atoms with van der Waals surface area (Å²) >= 11 is 1.79. The Balaban J connectivity index is 2.37. The molecule has 1 aromatic rings. The number of rotatable bonds is 0. The van der Waals surface area contributed by atoms with Crippen molar-refractivity contribution in [2.45, 2.75) is 17.1 Å². The first-order valence-corrected chi connectivity index (χ1v) is 4.84. The van der Waals surface area contributed by atoms with Crippen LogP contribution in [0, 0.1) is 5.82 Å². The molecule has 1 atom stereocenters. The van der Waals surface area contributed by atoms with E-state index in [9.17, 15) is 4.39 Å². The zero-order valence-electron chi connectivity index (χ0n) is 6.80. The average molecular weight is 183 g/mol. The second-order valence-corrected chi connectivity index (χ2v) is 4.43. The third-order valence-electron chi connectivity index (χ3n) is 1.85. The van der Waals surface area contributed by atoms with Crippen molar-refractivity contribution in [1.82, 2.24) is 0 Å². The van der Waals surface area contributed by atoms with Crippen LogP contribution < -0.4 is 5.32 Å². The lowest BCUT2D eigenvalue weighted by Gasteiger charge is -2.22. The monoisotopic (exact) mass is 183 g/mol. The minimum Gasteiger partial charge on any atom is -0.383 e. The van der Waals surface area contributed by atoms with E-state index in [4.69, 9.17) is 0 Å². The van der Waals surface area contributed by atoms with Gasteiger partial charge in [-0.3, -0.25) is 0 Å². The third kappa shape index (κ3) is 1.41. The molecule has 0 spiro atoms. The highest BCUT2D eigenvalue weighted by Crippen LogP contribution is 2.34. The molecular formula is C9H10FNS. The van der Waals surface area contributed by atoms with E-state index in [1.54, 1.807) is 17.8 Å². The summed E-state index contributed by atoms with van der Waals surface area (Å²) in [4.78, 5) is 1.15. The Hall–Kier alpha value is -0.700. The number of nitrogens with one attached hydrogen (secondary N) is 1. The van der Waals surface area contributed by atoms with E-state index in [1.165, 1.54) is 6.07 Å². The van der Waals surface area contributed by atoms with E-state index in [0.717, 1.165) is 17.1 Å². The van der Waals surface area contributed by atoms with Crippen molar-refractivity contribution in [2.75, 3.05) is 11.9 Å². The summed E-state index contributed by atoms with van der Waals surface area (Å²) in [7, 11) is 0. The summed E-state index contributed by atoms with van der Waals surface area (Å²) in [6.07, 6.45) is 0. The van der Waals surface area contributed by atoms with Gasteiger partial charge in [0.2, 0.25) is 0 Å². The Bertz CT molecular complexity index is 301. The van der Waals surface area contributed by atoms with Gasteiger partial charge in [0.05, 0.1) is 5.69 Å². The summed E-state index contributed by atoms with van der Waals surface area (Å²) in [6, 6.07) is 4.89. The van der Waals surface area contributed by atoms with Crippen molar-refractivity contribution >= 4 is 17.4 Å². The van der Waals surface area contributed by atoms with Crippen molar-refractivity contribution in [3.63, 3.8) is 0 Å². The van der Waals surface area contributed by atoms with Gasteiger partial charge in [-0.25, -0.2) is 4.39 Å². The van der Waals surface area contributed by atoms with Gasteiger partial charge in [0, 0.05) is 16.7 Å². The molecule has 0 aliphatic carbocycles. The molecule has 0 saturated heterocycles. The molecule has 1 nitrogen and oxygen atoms in total. The molecule has 3 heteroatoms. The molecule has 12 heavy (non-hydrogen) atoms. The van der Waals surface area contributed by atoms with Crippen LogP contribution in [0.2, 0.25) is 0 Å². The quantitative estimate of drug-likeness (QED) is 0.663. The molecule has 0 radical (unpaired) electrons. The van der Waals surface area contributed by atoms with E-state index in [-0.39, 0.29) is 5.82 Å². The largest absolute Gasteiger partial charge is 0.383 e. The van der Waals surface area contributed by atoms with Crippen molar-refractivity contribution in [2.24, 2.45) is 0 Å². The number of benzene rings is 1.